The number of piperazine rings is 1. The van der Waals surface area contributed by atoms with E-state index in [1.54, 1.807) is 0 Å². The number of urea groups is 1. The highest BCUT2D eigenvalue weighted by Gasteiger charge is 2.52. The van der Waals surface area contributed by atoms with Crippen LogP contribution in [0, 0.1) is 12.8 Å². The van der Waals surface area contributed by atoms with Crippen molar-refractivity contribution in [2.75, 3.05) is 32.7 Å². The highest BCUT2D eigenvalue weighted by atomic mass is 16.2. The lowest BCUT2D eigenvalue weighted by Crippen LogP contribution is -2.55. The van der Waals surface area contributed by atoms with E-state index in [9.17, 15) is 19.2 Å². The first-order valence-electron chi connectivity index (χ1n) is 11.8. The number of hydrazine groups is 1. The molecule has 1 aromatic rings. The molecule has 2 heterocycles. The average molecular weight is 456 g/mol. The predicted octanol–water partition coefficient (Wildman–Crippen LogP) is 1.21. The van der Waals surface area contributed by atoms with Crippen molar-refractivity contribution in [2.24, 2.45) is 5.92 Å². The third-order valence-electron chi connectivity index (χ3n) is 7.22. The summed E-state index contributed by atoms with van der Waals surface area (Å²) < 4.78 is 0. The molecule has 5 amide bonds. The molecule has 2 aliphatic heterocycles. The standard InChI is InChI=1S/C24H33N5O4/c1-17-7-9-24(10-8-17)22(32)29(23(33)25-24)26-20(30)16-27-11-13-28(14-12-27)21(31)15-19-6-4-3-5-18(19)2/h3-6,17H,7-16H2,1-2H3,(H,25,33)(H,26,30). The molecular formula is C24H33N5O4. The molecule has 9 nitrogen and oxygen atoms in total. The lowest BCUT2D eigenvalue weighted by Gasteiger charge is -2.35. The number of hydrogen-bond acceptors (Lipinski definition) is 5. The highest BCUT2D eigenvalue weighted by molar-refractivity contribution is 6.08. The first-order chi connectivity index (χ1) is 15.8. The van der Waals surface area contributed by atoms with E-state index in [-0.39, 0.29) is 18.4 Å². The summed E-state index contributed by atoms with van der Waals surface area (Å²) in [6, 6.07) is 7.31. The summed E-state index contributed by atoms with van der Waals surface area (Å²) in [5.41, 5.74) is 3.75. The number of benzene rings is 1. The molecule has 4 rings (SSSR count). The average Bonchev–Trinajstić information content (AvgIpc) is 3.02. The van der Waals surface area contributed by atoms with Crippen LogP contribution in [0.1, 0.15) is 43.7 Å². The molecule has 1 aromatic carbocycles. The SMILES string of the molecule is Cc1ccccc1CC(=O)N1CCN(CC(=O)NN2C(=O)NC3(CCC(C)CC3)C2=O)CC1. The Morgan fingerprint density at radius 1 is 1.09 bits per heavy atom. The van der Waals surface area contributed by atoms with Gasteiger partial charge in [-0.25, -0.2) is 4.79 Å². The Labute approximate surface area is 194 Å². The van der Waals surface area contributed by atoms with Crippen LogP contribution in [0.5, 0.6) is 0 Å². The van der Waals surface area contributed by atoms with Crippen LogP contribution in [0.4, 0.5) is 4.79 Å². The quantitative estimate of drug-likeness (QED) is 0.650. The molecule has 3 aliphatic rings. The van der Waals surface area contributed by atoms with Gasteiger partial charge in [0.1, 0.15) is 5.54 Å². The third kappa shape index (κ3) is 5.03. The molecule has 2 N–H and O–H groups in total. The van der Waals surface area contributed by atoms with Gasteiger partial charge in [0.2, 0.25) is 5.91 Å². The number of carbonyl (C=O) groups excluding carboxylic acids is 4. The van der Waals surface area contributed by atoms with Crippen molar-refractivity contribution in [3.8, 4) is 0 Å². The van der Waals surface area contributed by atoms with Crippen LogP contribution in [0.2, 0.25) is 0 Å². The van der Waals surface area contributed by atoms with E-state index in [0.717, 1.165) is 29.0 Å². The van der Waals surface area contributed by atoms with Crippen LogP contribution in [0.15, 0.2) is 24.3 Å². The fourth-order valence-corrected chi connectivity index (χ4v) is 4.92. The normalized spacial score (nSPS) is 25.9. The van der Waals surface area contributed by atoms with Gasteiger partial charge in [-0.2, -0.15) is 5.01 Å². The molecule has 1 aliphatic carbocycles. The molecule has 0 radical (unpaired) electrons. The molecule has 0 bridgehead atoms. The molecule has 0 unspecified atom stereocenters. The van der Waals surface area contributed by atoms with Crippen molar-refractivity contribution in [1.29, 1.82) is 0 Å². The van der Waals surface area contributed by atoms with Crippen LogP contribution >= 0.6 is 0 Å². The van der Waals surface area contributed by atoms with E-state index in [1.165, 1.54) is 0 Å². The lowest BCUT2D eigenvalue weighted by molar-refractivity contribution is -0.141. The van der Waals surface area contributed by atoms with Crippen LogP contribution in [0.25, 0.3) is 0 Å². The van der Waals surface area contributed by atoms with Crippen molar-refractivity contribution < 1.29 is 19.2 Å². The zero-order chi connectivity index (χ0) is 23.6. The van der Waals surface area contributed by atoms with Gasteiger partial charge in [-0.3, -0.25) is 24.7 Å². The first kappa shape index (κ1) is 23.2. The summed E-state index contributed by atoms with van der Waals surface area (Å²) in [5.74, 6) is -0.148. The van der Waals surface area contributed by atoms with Gasteiger partial charge in [-0.1, -0.05) is 31.2 Å². The van der Waals surface area contributed by atoms with Gasteiger partial charge in [0.15, 0.2) is 0 Å². The first-order valence-corrected chi connectivity index (χ1v) is 11.8. The Kier molecular flexibility index (Phi) is 6.69. The van der Waals surface area contributed by atoms with Gasteiger partial charge < -0.3 is 10.2 Å². The van der Waals surface area contributed by atoms with E-state index in [4.69, 9.17) is 0 Å². The number of nitrogens with zero attached hydrogens (tertiary/aromatic N) is 3. The Bertz CT molecular complexity index is 933. The van der Waals surface area contributed by atoms with Crippen LogP contribution < -0.4 is 10.7 Å². The van der Waals surface area contributed by atoms with E-state index in [2.05, 4.69) is 17.7 Å². The monoisotopic (exact) mass is 455 g/mol. The second kappa shape index (κ2) is 9.51. The van der Waals surface area contributed by atoms with Gasteiger partial charge in [0.05, 0.1) is 13.0 Å². The topological polar surface area (TPSA) is 102 Å². The minimum Gasteiger partial charge on any atom is -0.340 e. The van der Waals surface area contributed by atoms with Crippen LogP contribution in [-0.2, 0) is 20.8 Å². The minimum absolute atomic E-state index is 0.0704. The molecule has 3 fully saturated rings. The van der Waals surface area contributed by atoms with Gasteiger partial charge in [0.25, 0.3) is 11.8 Å². The highest BCUT2D eigenvalue weighted by Crippen LogP contribution is 2.35. The van der Waals surface area contributed by atoms with E-state index < -0.39 is 17.5 Å². The summed E-state index contributed by atoms with van der Waals surface area (Å²) in [6.45, 7) is 6.43. The van der Waals surface area contributed by atoms with Gasteiger partial charge in [-0.15, -0.1) is 0 Å². The van der Waals surface area contributed by atoms with Gasteiger partial charge in [-0.05, 0) is 49.7 Å². The van der Waals surface area contributed by atoms with Gasteiger partial charge in [0, 0.05) is 26.2 Å². The smallest absolute Gasteiger partial charge is 0.340 e. The molecule has 33 heavy (non-hydrogen) atoms. The number of hydrogen-bond donors (Lipinski definition) is 2. The fraction of sp³-hybridized carbons (Fsp3) is 0.583. The summed E-state index contributed by atoms with van der Waals surface area (Å²) in [7, 11) is 0. The van der Waals surface area contributed by atoms with Crippen molar-refractivity contribution in [3.05, 3.63) is 35.4 Å². The third-order valence-corrected chi connectivity index (χ3v) is 7.22. The summed E-state index contributed by atoms with van der Waals surface area (Å²) in [4.78, 5) is 54.3. The number of amides is 5. The second-order valence-electron chi connectivity index (χ2n) is 9.63. The molecule has 2 saturated heterocycles. The van der Waals surface area contributed by atoms with E-state index in [1.807, 2.05) is 41.0 Å². The number of nitrogens with one attached hydrogen (secondary N) is 2. The predicted molar refractivity (Wildman–Crippen MR) is 122 cm³/mol. The summed E-state index contributed by atoms with van der Waals surface area (Å²) >= 11 is 0. The fourth-order valence-electron chi connectivity index (χ4n) is 4.92. The Hall–Kier alpha value is -2.94. The zero-order valence-electron chi connectivity index (χ0n) is 19.4. The minimum atomic E-state index is -0.875. The zero-order valence-corrected chi connectivity index (χ0v) is 19.4. The molecule has 9 heteroatoms. The lowest BCUT2D eigenvalue weighted by atomic mass is 9.77. The maximum atomic E-state index is 12.9. The molecule has 178 valence electrons. The largest absolute Gasteiger partial charge is 0.344 e. The molecule has 0 atom stereocenters. The van der Waals surface area contributed by atoms with Gasteiger partial charge >= 0.3 is 6.03 Å². The van der Waals surface area contributed by atoms with Crippen molar-refractivity contribution in [2.45, 2.75) is 51.5 Å². The number of aryl methyl sites for hydroxylation is 1. The number of rotatable bonds is 5. The van der Waals surface area contributed by atoms with Crippen molar-refractivity contribution in [3.63, 3.8) is 0 Å². The van der Waals surface area contributed by atoms with E-state index in [0.29, 0.717) is 51.4 Å². The van der Waals surface area contributed by atoms with Crippen LogP contribution in [-0.4, -0.2) is 76.8 Å². The Morgan fingerprint density at radius 2 is 1.76 bits per heavy atom. The molecule has 1 spiro atoms. The maximum absolute atomic E-state index is 12.9. The van der Waals surface area contributed by atoms with Crippen molar-refractivity contribution >= 4 is 23.8 Å². The molecule has 1 saturated carbocycles. The van der Waals surface area contributed by atoms with Crippen LogP contribution in [0.3, 0.4) is 0 Å². The number of carbonyl (C=O) groups is 4. The number of imide groups is 1. The maximum Gasteiger partial charge on any atom is 0.344 e. The molecule has 0 aromatic heterocycles. The Morgan fingerprint density at radius 3 is 2.42 bits per heavy atom. The van der Waals surface area contributed by atoms with E-state index >= 15 is 0 Å². The Balaban J connectivity index is 1.24. The summed E-state index contributed by atoms with van der Waals surface area (Å²) in [5, 5.41) is 3.65. The second-order valence-corrected chi connectivity index (χ2v) is 9.63. The molecular weight excluding hydrogens is 422 g/mol. The van der Waals surface area contributed by atoms with Crippen molar-refractivity contribution in [1.82, 2.24) is 25.6 Å². The summed E-state index contributed by atoms with van der Waals surface area (Å²) in [6.07, 6.45) is 3.33.